The molecule has 2 aromatic rings. The number of hydrogen-bond acceptors (Lipinski definition) is 4. The van der Waals surface area contributed by atoms with Crippen LogP contribution in [-0.4, -0.2) is 23.6 Å². The fraction of sp³-hybridized carbons (Fsp3) is 0.333. The maximum Gasteiger partial charge on any atom is 0.255 e. The SMILES string of the molecule is CCOC(CC)C(=O)Nc1nc(-c2ccccc2)cs1. The first-order valence-corrected chi connectivity index (χ1v) is 7.56. The van der Waals surface area contributed by atoms with E-state index >= 15 is 0 Å². The molecule has 0 spiro atoms. The highest BCUT2D eigenvalue weighted by atomic mass is 32.1. The van der Waals surface area contributed by atoms with Crippen LogP contribution in [0.1, 0.15) is 20.3 Å². The maximum absolute atomic E-state index is 12.0. The van der Waals surface area contributed by atoms with Gasteiger partial charge in [-0.1, -0.05) is 37.3 Å². The second-order valence-corrected chi connectivity index (χ2v) is 5.10. The average molecular weight is 290 g/mol. The van der Waals surface area contributed by atoms with Crippen LogP contribution in [-0.2, 0) is 9.53 Å². The van der Waals surface area contributed by atoms with Gasteiger partial charge in [-0.3, -0.25) is 10.1 Å². The number of carbonyl (C=O) groups is 1. The van der Waals surface area contributed by atoms with Crippen LogP contribution >= 0.6 is 11.3 Å². The summed E-state index contributed by atoms with van der Waals surface area (Å²) in [7, 11) is 0. The molecule has 4 nitrogen and oxygen atoms in total. The van der Waals surface area contributed by atoms with Crippen LogP contribution in [0.2, 0.25) is 0 Å². The molecule has 106 valence electrons. The summed E-state index contributed by atoms with van der Waals surface area (Å²) >= 11 is 1.42. The quantitative estimate of drug-likeness (QED) is 0.885. The standard InChI is InChI=1S/C15H18N2O2S/c1-3-13(19-4-2)14(18)17-15-16-12(10-20-15)11-8-6-5-7-9-11/h5-10,13H,3-4H2,1-2H3,(H,16,17,18). The van der Waals surface area contributed by atoms with Gasteiger partial charge in [0.25, 0.3) is 5.91 Å². The van der Waals surface area contributed by atoms with Crippen molar-refractivity contribution in [2.24, 2.45) is 0 Å². The van der Waals surface area contributed by atoms with Crippen LogP contribution in [0.4, 0.5) is 5.13 Å². The van der Waals surface area contributed by atoms with E-state index in [0.717, 1.165) is 11.3 Å². The second-order valence-electron chi connectivity index (χ2n) is 4.25. The summed E-state index contributed by atoms with van der Waals surface area (Å²) in [6, 6.07) is 9.89. The van der Waals surface area contributed by atoms with Gasteiger partial charge in [-0.05, 0) is 13.3 Å². The van der Waals surface area contributed by atoms with Gasteiger partial charge in [-0.15, -0.1) is 11.3 Å². The molecule has 1 aromatic heterocycles. The zero-order chi connectivity index (χ0) is 14.4. The molecule has 0 bridgehead atoms. The largest absolute Gasteiger partial charge is 0.369 e. The number of amides is 1. The molecule has 0 radical (unpaired) electrons. The predicted octanol–water partition coefficient (Wildman–Crippen LogP) is 3.56. The minimum Gasteiger partial charge on any atom is -0.369 e. The van der Waals surface area contributed by atoms with Gasteiger partial charge in [0.1, 0.15) is 6.10 Å². The van der Waals surface area contributed by atoms with E-state index in [0.29, 0.717) is 18.2 Å². The third kappa shape index (κ3) is 3.65. The van der Waals surface area contributed by atoms with Gasteiger partial charge in [0.2, 0.25) is 0 Å². The van der Waals surface area contributed by atoms with Crippen LogP contribution in [0.15, 0.2) is 35.7 Å². The number of benzene rings is 1. The number of nitrogens with one attached hydrogen (secondary N) is 1. The lowest BCUT2D eigenvalue weighted by molar-refractivity contribution is -0.127. The molecule has 0 saturated heterocycles. The molecule has 1 atom stereocenters. The third-order valence-electron chi connectivity index (χ3n) is 2.83. The summed E-state index contributed by atoms with van der Waals surface area (Å²) in [5.74, 6) is -0.136. The van der Waals surface area contributed by atoms with Gasteiger partial charge < -0.3 is 4.74 Å². The summed E-state index contributed by atoms with van der Waals surface area (Å²) in [6.45, 7) is 4.34. The number of rotatable bonds is 6. The van der Waals surface area contributed by atoms with Crippen molar-refractivity contribution >= 4 is 22.4 Å². The van der Waals surface area contributed by atoms with Crippen molar-refractivity contribution in [2.45, 2.75) is 26.4 Å². The summed E-state index contributed by atoms with van der Waals surface area (Å²) in [5.41, 5.74) is 1.91. The van der Waals surface area contributed by atoms with Crippen LogP contribution in [0.25, 0.3) is 11.3 Å². The van der Waals surface area contributed by atoms with E-state index in [2.05, 4.69) is 10.3 Å². The molecule has 1 heterocycles. The van der Waals surface area contributed by atoms with Crippen molar-refractivity contribution < 1.29 is 9.53 Å². The maximum atomic E-state index is 12.0. The fourth-order valence-electron chi connectivity index (χ4n) is 1.84. The Labute approximate surface area is 122 Å². The van der Waals surface area contributed by atoms with Crippen molar-refractivity contribution in [2.75, 3.05) is 11.9 Å². The van der Waals surface area contributed by atoms with Crippen molar-refractivity contribution in [3.63, 3.8) is 0 Å². The topological polar surface area (TPSA) is 51.2 Å². The van der Waals surface area contributed by atoms with Crippen LogP contribution in [0, 0.1) is 0 Å². The number of aromatic nitrogens is 1. The van der Waals surface area contributed by atoms with Gasteiger partial charge in [0.15, 0.2) is 5.13 Å². The Morgan fingerprint density at radius 2 is 2.10 bits per heavy atom. The molecule has 0 fully saturated rings. The lowest BCUT2D eigenvalue weighted by Crippen LogP contribution is -2.29. The van der Waals surface area contributed by atoms with Gasteiger partial charge >= 0.3 is 0 Å². The van der Waals surface area contributed by atoms with Gasteiger partial charge in [0, 0.05) is 17.6 Å². The first-order valence-electron chi connectivity index (χ1n) is 6.68. The van der Waals surface area contributed by atoms with Crippen molar-refractivity contribution in [3.8, 4) is 11.3 Å². The summed E-state index contributed by atoms with van der Waals surface area (Å²) < 4.78 is 5.38. The highest BCUT2D eigenvalue weighted by Crippen LogP contribution is 2.24. The smallest absolute Gasteiger partial charge is 0.255 e. The van der Waals surface area contributed by atoms with E-state index in [4.69, 9.17) is 4.74 Å². The van der Waals surface area contributed by atoms with Crippen molar-refractivity contribution in [1.82, 2.24) is 4.98 Å². The highest BCUT2D eigenvalue weighted by molar-refractivity contribution is 7.14. The summed E-state index contributed by atoms with van der Waals surface area (Å²) in [6.07, 6.45) is 0.237. The normalized spacial score (nSPS) is 12.1. The highest BCUT2D eigenvalue weighted by Gasteiger charge is 2.17. The van der Waals surface area contributed by atoms with Crippen LogP contribution < -0.4 is 5.32 Å². The van der Waals surface area contributed by atoms with Gasteiger partial charge in [0.05, 0.1) is 5.69 Å². The molecule has 0 aliphatic rings. The first-order chi connectivity index (χ1) is 9.74. The molecular formula is C15H18N2O2S. The Hall–Kier alpha value is -1.72. The van der Waals surface area contributed by atoms with E-state index in [1.807, 2.05) is 49.6 Å². The number of carbonyl (C=O) groups excluding carboxylic acids is 1. The zero-order valence-electron chi connectivity index (χ0n) is 11.6. The molecule has 5 heteroatoms. The lowest BCUT2D eigenvalue weighted by Gasteiger charge is -2.13. The molecule has 0 saturated carbocycles. The predicted molar refractivity (Wildman–Crippen MR) is 81.9 cm³/mol. The number of hydrogen-bond donors (Lipinski definition) is 1. The molecule has 1 unspecified atom stereocenters. The van der Waals surface area contributed by atoms with E-state index in [9.17, 15) is 4.79 Å². The molecule has 1 aromatic carbocycles. The molecule has 1 N–H and O–H groups in total. The van der Waals surface area contributed by atoms with E-state index in [1.165, 1.54) is 11.3 Å². The van der Waals surface area contributed by atoms with Crippen LogP contribution in [0.3, 0.4) is 0 Å². The monoisotopic (exact) mass is 290 g/mol. The fourth-order valence-corrected chi connectivity index (χ4v) is 2.56. The number of nitrogens with zero attached hydrogens (tertiary/aromatic N) is 1. The number of thiazole rings is 1. The van der Waals surface area contributed by atoms with E-state index in [1.54, 1.807) is 0 Å². The minimum absolute atomic E-state index is 0.136. The molecule has 20 heavy (non-hydrogen) atoms. The Kier molecular flexibility index (Phi) is 5.26. The Balaban J connectivity index is 2.04. The average Bonchev–Trinajstić information content (AvgIpc) is 2.94. The second kappa shape index (κ2) is 7.17. The van der Waals surface area contributed by atoms with Crippen LogP contribution in [0.5, 0.6) is 0 Å². The lowest BCUT2D eigenvalue weighted by atomic mass is 10.2. The molecular weight excluding hydrogens is 272 g/mol. The Morgan fingerprint density at radius 1 is 1.35 bits per heavy atom. The van der Waals surface area contributed by atoms with Crippen molar-refractivity contribution in [3.05, 3.63) is 35.7 Å². The molecule has 1 amide bonds. The minimum atomic E-state index is -0.413. The first kappa shape index (κ1) is 14.7. The summed E-state index contributed by atoms with van der Waals surface area (Å²) in [5, 5.41) is 5.35. The van der Waals surface area contributed by atoms with Gasteiger partial charge in [-0.25, -0.2) is 4.98 Å². The Morgan fingerprint density at radius 3 is 2.75 bits per heavy atom. The molecule has 0 aliphatic heterocycles. The number of ether oxygens (including phenoxy) is 1. The third-order valence-corrected chi connectivity index (χ3v) is 3.59. The summed E-state index contributed by atoms with van der Waals surface area (Å²) in [4.78, 5) is 16.4. The zero-order valence-corrected chi connectivity index (χ0v) is 12.4. The molecule has 0 aliphatic carbocycles. The van der Waals surface area contributed by atoms with Gasteiger partial charge in [-0.2, -0.15) is 0 Å². The van der Waals surface area contributed by atoms with E-state index < -0.39 is 6.10 Å². The molecule has 2 rings (SSSR count). The van der Waals surface area contributed by atoms with Crippen molar-refractivity contribution in [1.29, 1.82) is 0 Å². The number of anilines is 1. The van der Waals surface area contributed by atoms with E-state index in [-0.39, 0.29) is 5.91 Å². The Bertz CT molecular complexity index is 554.